The first-order valence-corrected chi connectivity index (χ1v) is 8.71. The molecular weight excluding hydrogens is 370 g/mol. The molecule has 2 aromatic rings. The Hall–Kier alpha value is -2.12. The lowest BCUT2D eigenvalue weighted by atomic mass is 10.3. The fraction of sp³-hybridized carbons (Fsp3) is 0.176. The highest BCUT2D eigenvalue weighted by atomic mass is 35.5. The van der Waals surface area contributed by atoms with Crippen LogP contribution in [0.15, 0.2) is 42.5 Å². The molecule has 8 heteroatoms. The van der Waals surface area contributed by atoms with Crippen molar-refractivity contribution in [3.63, 3.8) is 0 Å². The summed E-state index contributed by atoms with van der Waals surface area (Å²) in [6, 6.07) is 9.29. The van der Waals surface area contributed by atoms with Crippen molar-refractivity contribution in [3.05, 3.63) is 59.1 Å². The number of carbonyl (C=O) groups excluding carboxylic acids is 2. The van der Waals surface area contributed by atoms with Crippen LogP contribution >= 0.6 is 23.4 Å². The summed E-state index contributed by atoms with van der Waals surface area (Å²) in [6.45, 7) is 1.61. The van der Waals surface area contributed by atoms with Gasteiger partial charge in [0.1, 0.15) is 11.6 Å². The molecule has 0 saturated heterocycles. The minimum atomic E-state index is -0.632. The zero-order valence-electron chi connectivity index (χ0n) is 13.2. The van der Waals surface area contributed by atoms with Crippen molar-refractivity contribution >= 4 is 46.6 Å². The van der Waals surface area contributed by atoms with Gasteiger partial charge in [0.2, 0.25) is 11.8 Å². The zero-order valence-corrected chi connectivity index (χ0v) is 14.8. The molecule has 1 atom stereocenters. The number of rotatable bonds is 6. The summed E-state index contributed by atoms with van der Waals surface area (Å²) in [5.41, 5.74) is 0.491. The number of nitrogens with one attached hydrogen (secondary N) is 2. The summed E-state index contributed by atoms with van der Waals surface area (Å²) >= 11 is 6.75. The van der Waals surface area contributed by atoms with Crippen molar-refractivity contribution in [2.45, 2.75) is 12.2 Å². The van der Waals surface area contributed by atoms with Crippen LogP contribution in [0.3, 0.4) is 0 Å². The van der Waals surface area contributed by atoms with Gasteiger partial charge >= 0.3 is 0 Å². The van der Waals surface area contributed by atoms with Gasteiger partial charge in [-0.05, 0) is 49.4 Å². The van der Waals surface area contributed by atoms with E-state index in [1.165, 1.54) is 36.4 Å². The third kappa shape index (κ3) is 6.03. The van der Waals surface area contributed by atoms with Gasteiger partial charge in [0.25, 0.3) is 0 Å². The molecular formula is C17H15ClF2N2O2S. The standard InChI is InChI=1S/C17H15ClF2N2O2S/c1-10(17(24)22-15-7-2-11(18)8-14(15)20)25-9-16(23)21-13-5-3-12(19)4-6-13/h2-8,10H,9H2,1H3,(H,21,23)(H,22,24)/t10-/m1/s1. The molecule has 0 unspecified atom stereocenters. The Labute approximate surface area is 152 Å². The smallest absolute Gasteiger partial charge is 0.237 e. The van der Waals surface area contributed by atoms with Gasteiger partial charge < -0.3 is 10.6 Å². The molecule has 0 aliphatic rings. The topological polar surface area (TPSA) is 58.2 Å². The van der Waals surface area contributed by atoms with E-state index in [-0.39, 0.29) is 22.4 Å². The molecule has 0 aliphatic heterocycles. The molecule has 0 aromatic heterocycles. The van der Waals surface area contributed by atoms with Crippen molar-refractivity contribution in [2.75, 3.05) is 16.4 Å². The molecule has 2 rings (SSSR count). The molecule has 2 amide bonds. The lowest BCUT2D eigenvalue weighted by molar-refractivity contribution is -0.115. The van der Waals surface area contributed by atoms with Crippen molar-refractivity contribution in [2.24, 2.45) is 0 Å². The number of amides is 2. The minimum Gasteiger partial charge on any atom is -0.325 e. The average Bonchev–Trinajstić information content (AvgIpc) is 2.57. The van der Waals surface area contributed by atoms with E-state index in [9.17, 15) is 18.4 Å². The monoisotopic (exact) mass is 384 g/mol. The van der Waals surface area contributed by atoms with E-state index in [0.717, 1.165) is 17.8 Å². The predicted octanol–water partition coefficient (Wildman–Crippen LogP) is 4.32. The molecule has 0 aliphatic carbocycles. The molecule has 25 heavy (non-hydrogen) atoms. The van der Waals surface area contributed by atoms with Gasteiger partial charge in [-0.25, -0.2) is 8.78 Å². The first kappa shape index (κ1) is 19.2. The van der Waals surface area contributed by atoms with Crippen molar-refractivity contribution < 1.29 is 18.4 Å². The van der Waals surface area contributed by atoms with Crippen LogP contribution in [-0.4, -0.2) is 22.8 Å². The predicted molar refractivity (Wildman–Crippen MR) is 97.0 cm³/mol. The molecule has 2 N–H and O–H groups in total. The summed E-state index contributed by atoms with van der Waals surface area (Å²) in [4.78, 5) is 23.9. The van der Waals surface area contributed by atoms with E-state index in [0.29, 0.717) is 5.69 Å². The summed E-state index contributed by atoms with van der Waals surface area (Å²) < 4.78 is 26.5. The second-order valence-electron chi connectivity index (χ2n) is 5.12. The van der Waals surface area contributed by atoms with Gasteiger partial charge in [0.05, 0.1) is 16.7 Å². The number of thioether (sulfide) groups is 1. The van der Waals surface area contributed by atoms with Crippen LogP contribution in [-0.2, 0) is 9.59 Å². The summed E-state index contributed by atoms with van der Waals surface area (Å²) in [5.74, 6) is -1.76. The quantitative estimate of drug-likeness (QED) is 0.779. The van der Waals surface area contributed by atoms with Gasteiger partial charge in [-0.15, -0.1) is 11.8 Å². The third-order valence-electron chi connectivity index (χ3n) is 3.15. The van der Waals surface area contributed by atoms with Crippen LogP contribution < -0.4 is 10.6 Å². The van der Waals surface area contributed by atoms with Crippen LogP contribution in [0.4, 0.5) is 20.2 Å². The van der Waals surface area contributed by atoms with Crippen LogP contribution in [0, 0.1) is 11.6 Å². The maximum atomic E-state index is 13.7. The average molecular weight is 385 g/mol. The number of carbonyl (C=O) groups is 2. The molecule has 0 saturated carbocycles. The van der Waals surface area contributed by atoms with Crippen molar-refractivity contribution in [1.82, 2.24) is 0 Å². The van der Waals surface area contributed by atoms with E-state index in [4.69, 9.17) is 11.6 Å². The summed E-state index contributed by atoms with van der Waals surface area (Å²) in [7, 11) is 0. The van der Waals surface area contributed by atoms with Crippen molar-refractivity contribution in [3.8, 4) is 0 Å². The Balaban J connectivity index is 1.82. The van der Waals surface area contributed by atoms with Gasteiger partial charge in [0, 0.05) is 10.7 Å². The molecule has 132 valence electrons. The SMILES string of the molecule is C[C@@H](SCC(=O)Nc1ccc(F)cc1)C(=O)Nc1ccc(Cl)cc1F. The molecule has 4 nitrogen and oxygen atoms in total. The second-order valence-corrected chi connectivity index (χ2v) is 6.89. The van der Waals surface area contributed by atoms with E-state index in [2.05, 4.69) is 10.6 Å². The van der Waals surface area contributed by atoms with Crippen LogP contribution in [0.1, 0.15) is 6.92 Å². The van der Waals surface area contributed by atoms with Gasteiger partial charge in [-0.3, -0.25) is 9.59 Å². The maximum absolute atomic E-state index is 13.7. The number of hydrogen-bond acceptors (Lipinski definition) is 3. The Kier molecular flexibility index (Phi) is 6.78. The summed E-state index contributed by atoms with van der Waals surface area (Å²) in [6.07, 6.45) is 0. The number of benzene rings is 2. The van der Waals surface area contributed by atoms with Crippen LogP contribution in [0.5, 0.6) is 0 Å². The Morgan fingerprint density at radius 1 is 1.12 bits per heavy atom. The molecule has 0 radical (unpaired) electrons. The largest absolute Gasteiger partial charge is 0.325 e. The highest BCUT2D eigenvalue weighted by molar-refractivity contribution is 8.01. The molecule has 2 aromatic carbocycles. The second kappa shape index (κ2) is 8.82. The lowest BCUT2D eigenvalue weighted by Crippen LogP contribution is -2.25. The third-order valence-corrected chi connectivity index (χ3v) is 4.53. The fourth-order valence-electron chi connectivity index (χ4n) is 1.83. The Morgan fingerprint density at radius 2 is 1.80 bits per heavy atom. The first-order valence-electron chi connectivity index (χ1n) is 7.28. The molecule has 0 heterocycles. The normalized spacial score (nSPS) is 11.7. The van der Waals surface area contributed by atoms with Crippen molar-refractivity contribution in [1.29, 1.82) is 0 Å². The fourth-order valence-corrected chi connectivity index (χ4v) is 2.67. The lowest BCUT2D eigenvalue weighted by Gasteiger charge is -2.12. The first-order chi connectivity index (χ1) is 11.8. The van der Waals surface area contributed by atoms with Gasteiger partial charge in [0.15, 0.2) is 0 Å². The van der Waals surface area contributed by atoms with Gasteiger partial charge in [-0.1, -0.05) is 11.6 Å². The number of halogens is 3. The molecule has 0 bridgehead atoms. The van der Waals surface area contributed by atoms with E-state index >= 15 is 0 Å². The molecule has 0 spiro atoms. The molecule has 0 fully saturated rings. The number of anilines is 2. The number of hydrogen-bond donors (Lipinski definition) is 2. The highest BCUT2D eigenvalue weighted by Crippen LogP contribution is 2.20. The summed E-state index contributed by atoms with van der Waals surface area (Å²) in [5, 5.41) is 4.70. The zero-order chi connectivity index (χ0) is 18.4. The van der Waals surface area contributed by atoms with E-state index in [1.807, 2.05) is 0 Å². The minimum absolute atomic E-state index is 0.0229. The Morgan fingerprint density at radius 3 is 2.44 bits per heavy atom. The van der Waals surface area contributed by atoms with Gasteiger partial charge in [-0.2, -0.15) is 0 Å². The van der Waals surface area contributed by atoms with E-state index in [1.54, 1.807) is 6.92 Å². The maximum Gasteiger partial charge on any atom is 0.237 e. The Bertz CT molecular complexity index is 772. The van der Waals surface area contributed by atoms with Crippen LogP contribution in [0.25, 0.3) is 0 Å². The van der Waals surface area contributed by atoms with Crippen LogP contribution in [0.2, 0.25) is 5.02 Å². The van der Waals surface area contributed by atoms with E-state index < -0.39 is 22.8 Å². The highest BCUT2D eigenvalue weighted by Gasteiger charge is 2.17.